The van der Waals surface area contributed by atoms with Crippen molar-refractivity contribution in [2.75, 3.05) is 0 Å². The molecule has 0 radical (unpaired) electrons. The summed E-state index contributed by atoms with van der Waals surface area (Å²) in [6.07, 6.45) is 8.91. The van der Waals surface area contributed by atoms with Gasteiger partial charge in [-0.25, -0.2) is 13.1 Å². The van der Waals surface area contributed by atoms with Crippen LogP contribution in [0.3, 0.4) is 0 Å². The zero-order valence-corrected chi connectivity index (χ0v) is 13.1. The molecule has 1 aliphatic rings. The topological polar surface area (TPSA) is 101 Å². The Morgan fingerprint density at radius 2 is 2.23 bits per heavy atom. The van der Waals surface area contributed by atoms with Crippen molar-refractivity contribution in [3.63, 3.8) is 0 Å². The average Bonchev–Trinajstić information content (AvgIpc) is 2.89. The second-order valence-corrected chi connectivity index (χ2v) is 7.28. The first-order valence-electron chi connectivity index (χ1n) is 7.30. The van der Waals surface area contributed by atoms with Crippen LogP contribution >= 0.6 is 0 Å². The highest BCUT2D eigenvalue weighted by Crippen LogP contribution is 2.28. The van der Waals surface area contributed by atoms with Gasteiger partial charge in [-0.2, -0.15) is 5.10 Å². The molecule has 2 unspecified atom stereocenters. The Morgan fingerprint density at radius 1 is 1.50 bits per heavy atom. The third-order valence-corrected chi connectivity index (χ3v) is 5.35. The summed E-state index contributed by atoms with van der Waals surface area (Å²) >= 11 is 0. The van der Waals surface area contributed by atoms with Crippen molar-refractivity contribution in [2.45, 2.75) is 49.6 Å². The van der Waals surface area contributed by atoms with E-state index in [4.69, 9.17) is 5.11 Å². The van der Waals surface area contributed by atoms with Gasteiger partial charge in [0.05, 0.1) is 6.20 Å². The quantitative estimate of drug-likeness (QED) is 0.737. The van der Waals surface area contributed by atoms with Crippen LogP contribution in [0.25, 0.3) is 0 Å². The third-order valence-electron chi connectivity index (χ3n) is 3.90. The molecule has 2 N–H and O–H groups in total. The van der Waals surface area contributed by atoms with Crippen LogP contribution in [0.4, 0.5) is 0 Å². The van der Waals surface area contributed by atoms with E-state index in [2.05, 4.69) is 16.4 Å². The van der Waals surface area contributed by atoms with Gasteiger partial charge in [0.1, 0.15) is 11.4 Å². The number of hydrogen-bond acceptors (Lipinski definition) is 4. The first kappa shape index (κ1) is 16.7. The molecule has 1 fully saturated rings. The zero-order valence-electron chi connectivity index (χ0n) is 12.3. The minimum atomic E-state index is -3.69. The van der Waals surface area contributed by atoms with E-state index in [1.54, 1.807) is 0 Å². The molecular weight excluding hydrogens is 306 g/mol. The summed E-state index contributed by atoms with van der Waals surface area (Å²) in [4.78, 5) is 10.6. The van der Waals surface area contributed by atoms with E-state index in [1.807, 2.05) is 6.08 Å². The van der Waals surface area contributed by atoms with Crippen molar-refractivity contribution in [3.05, 3.63) is 25.0 Å². The van der Waals surface area contributed by atoms with Crippen molar-refractivity contribution in [2.24, 2.45) is 5.92 Å². The highest BCUT2D eigenvalue weighted by atomic mass is 32.2. The van der Waals surface area contributed by atoms with E-state index >= 15 is 0 Å². The van der Waals surface area contributed by atoms with Crippen LogP contribution in [-0.2, 0) is 21.4 Å². The number of hydrogen-bond donors (Lipinski definition) is 2. The molecule has 1 aliphatic carbocycles. The Balaban J connectivity index is 2.10. The summed E-state index contributed by atoms with van der Waals surface area (Å²) in [5.74, 6) is -0.812. The van der Waals surface area contributed by atoms with Crippen molar-refractivity contribution in [3.8, 4) is 0 Å². The third kappa shape index (κ3) is 4.17. The van der Waals surface area contributed by atoms with Crippen LogP contribution < -0.4 is 4.72 Å². The molecule has 1 heterocycles. The first-order chi connectivity index (χ1) is 10.4. The van der Waals surface area contributed by atoms with E-state index in [0.29, 0.717) is 0 Å². The molecule has 22 heavy (non-hydrogen) atoms. The fraction of sp³-hybridized carbons (Fsp3) is 0.571. The van der Waals surface area contributed by atoms with E-state index in [1.165, 1.54) is 12.4 Å². The summed E-state index contributed by atoms with van der Waals surface area (Å²) < 4.78 is 28.7. The summed E-state index contributed by atoms with van der Waals surface area (Å²) in [6, 6.07) is -0.112. The molecule has 2 rings (SSSR count). The second kappa shape index (κ2) is 7.06. The molecule has 1 aromatic rings. The predicted octanol–water partition coefficient (Wildman–Crippen LogP) is 1.38. The number of carboxylic acids is 1. The van der Waals surface area contributed by atoms with Gasteiger partial charge in [-0.1, -0.05) is 18.9 Å². The monoisotopic (exact) mass is 327 g/mol. The minimum absolute atomic E-state index is 0.00308. The summed E-state index contributed by atoms with van der Waals surface area (Å²) in [5.41, 5.74) is 0. The van der Waals surface area contributed by atoms with Gasteiger partial charge in [0.25, 0.3) is 0 Å². The Morgan fingerprint density at radius 3 is 2.91 bits per heavy atom. The lowest BCUT2D eigenvalue weighted by Crippen LogP contribution is -2.41. The fourth-order valence-electron chi connectivity index (χ4n) is 2.83. The van der Waals surface area contributed by atoms with Crippen LogP contribution in [-0.4, -0.2) is 35.3 Å². The minimum Gasteiger partial charge on any atom is -0.480 e. The van der Waals surface area contributed by atoms with Gasteiger partial charge in [-0.05, 0) is 25.2 Å². The molecule has 7 nitrogen and oxygen atoms in total. The van der Waals surface area contributed by atoms with Crippen molar-refractivity contribution in [1.29, 1.82) is 0 Å². The second-order valence-electron chi connectivity index (χ2n) is 5.56. The number of aromatic nitrogens is 2. The van der Waals surface area contributed by atoms with Gasteiger partial charge in [-0.3, -0.25) is 9.48 Å². The summed E-state index contributed by atoms with van der Waals surface area (Å²) in [5, 5.41) is 12.5. The first-order valence-corrected chi connectivity index (χ1v) is 8.78. The maximum Gasteiger partial charge on any atom is 0.325 e. The van der Waals surface area contributed by atoms with E-state index in [0.717, 1.165) is 36.8 Å². The summed E-state index contributed by atoms with van der Waals surface area (Å²) in [7, 11) is -3.69. The molecule has 2 atom stereocenters. The molecule has 1 saturated carbocycles. The van der Waals surface area contributed by atoms with Crippen LogP contribution in [0.15, 0.2) is 29.9 Å². The lowest BCUT2D eigenvalue weighted by Gasteiger charge is -2.31. The van der Waals surface area contributed by atoms with Gasteiger partial charge in [0.15, 0.2) is 0 Å². The van der Waals surface area contributed by atoms with Crippen LogP contribution in [0.5, 0.6) is 0 Å². The maximum absolute atomic E-state index is 12.4. The largest absolute Gasteiger partial charge is 0.480 e. The highest BCUT2D eigenvalue weighted by molar-refractivity contribution is 7.89. The number of carboxylic acid groups (broad SMARTS) is 1. The van der Waals surface area contributed by atoms with Gasteiger partial charge < -0.3 is 5.11 Å². The molecule has 0 aromatic carbocycles. The number of sulfonamides is 1. The number of aliphatic carboxylic acids is 1. The zero-order chi connectivity index (χ0) is 16.2. The number of allylic oxidation sites excluding steroid dienone is 1. The van der Waals surface area contributed by atoms with Gasteiger partial charge in [0.2, 0.25) is 10.0 Å². The standard InChI is InChI=1S/C14H21N3O4S/c1-2-5-11-6-3-4-7-13(11)16-22(20,21)12-8-15-17(9-12)10-14(18)19/h2,8-9,11,13,16H,1,3-7,10H2,(H,18,19). The molecule has 0 bridgehead atoms. The lowest BCUT2D eigenvalue weighted by molar-refractivity contribution is -0.137. The normalized spacial score (nSPS) is 22.4. The van der Waals surface area contributed by atoms with Crippen LogP contribution in [0.1, 0.15) is 32.1 Å². The van der Waals surface area contributed by atoms with E-state index in [-0.39, 0.29) is 23.4 Å². The molecule has 0 saturated heterocycles. The lowest BCUT2D eigenvalue weighted by atomic mass is 9.83. The van der Waals surface area contributed by atoms with Gasteiger partial charge in [0, 0.05) is 12.2 Å². The Labute approximate surface area is 130 Å². The SMILES string of the molecule is C=CCC1CCCCC1NS(=O)(=O)c1cnn(CC(=O)O)c1. The number of nitrogens with one attached hydrogen (secondary N) is 1. The Hall–Kier alpha value is -1.67. The Kier molecular flexibility index (Phi) is 5.36. The van der Waals surface area contributed by atoms with Crippen molar-refractivity contribution >= 4 is 16.0 Å². The number of carbonyl (C=O) groups is 1. The highest BCUT2D eigenvalue weighted by Gasteiger charge is 2.29. The molecule has 0 aliphatic heterocycles. The van der Waals surface area contributed by atoms with Crippen molar-refractivity contribution < 1.29 is 18.3 Å². The predicted molar refractivity (Wildman–Crippen MR) is 80.7 cm³/mol. The molecule has 0 amide bonds. The molecule has 122 valence electrons. The summed E-state index contributed by atoms with van der Waals surface area (Å²) in [6.45, 7) is 3.37. The maximum atomic E-state index is 12.4. The smallest absolute Gasteiger partial charge is 0.325 e. The average molecular weight is 327 g/mol. The molecule has 0 spiro atoms. The van der Waals surface area contributed by atoms with Crippen LogP contribution in [0.2, 0.25) is 0 Å². The van der Waals surface area contributed by atoms with E-state index in [9.17, 15) is 13.2 Å². The molecule has 1 aromatic heterocycles. The van der Waals surface area contributed by atoms with E-state index < -0.39 is 16.0 Å². The van der Waals surface area contributed by atoms with Crippen LogP contribution in [0, 0.1) is 5.92 Å². The number of nitrogens with zero attached hydrogens (tertiary/aromatic N) is 2. The number of rotatable bonds is 7. The molecular formula is C14H21N3O4S. The van der Waals surface area contributed by atoms with Crippen molar-refractivity contribution in [1.82, 2.24) is 14.5 Å². The fourth-order valence-corrected chi connectivity index (χ4v) is 4.13. The Bertz CT molecular complexity index is 638. The van der Waals surface area contributed by atoms with Gasteiger partial charge in [-0.15, -0.1) is 6.58 Å². The van der Waals surface area contributed by atoms with Gasteiger partial charge >= 0.3 is 5.97 Å². The molecule has 8 heteroatoms.